The van der Waals surface area contributed by atoms with Crippen LogP contribution in [0.1, 0.15) is 22.3 Å². The molecular weight excluding hydrogens is 971 g/mol. The van der Waals surface area contributed by atoms with Crippen LogP contribution in [0.2, 0.25) is 0 Å². The van der Waals surface area contributed by atoms with Gasteiger partial charge in [0.2, 0.25) is 0 Å². The second kappa shape index (κ2) is 18.5. The van der Waals surface area contributed by atoms with Gasteiger partial charge in [0.1, 0.15) is 11.6 Å². The molecule has 4 nitrogen and oxygen atoms in total. The number of para-hydroxylation sites is 4. The highest BCUT2D eigenvalue weighted by molar-refractivity contribution is 6.12. The maximum Gasteiger partial charge on any atom is 0.125 e. The Balaban J connectivity index is 0.955. The normalized spacial score (nSPS) is 12.5. The van der Waals surface area contributed by atoms with Crippen molar-refractivity contribution in [2.24, 2.45) is 0 Å². The maximum absolute atomic E-state index is 15.7. The van der Waals surface area contributed by atoms with E-state index >= 15 is 8.78 Å². The van der Waals surface area contributed by atoms with E-state index in [0.29, 0.717) is 11.4 Å². The number of rotatable bonds is 10. The van der Waals surface area contributed by atoms with Gasteiger partial charge in [-0.2, -0.15) is 0 Å². The topological polar surface area (TPSA) is 16.3 Å². The lowest BCUT2D eigenvalue weighted by Gasteiger charge is -2.35. The predicted molar refractivity (Wildman–Crippen MR) is 322 cm³/mol. The zero-order valence-electron chi connectivity index (χ0n) is 42.8. The van der Waals surface area contributed by atoms with Gasteiger partial charge in [0.05, 0.1) is 27.5 Å². The van der Waals surface area contributed by atoms with Crippen molar-refractivity contribution in [2.45, 2.75) is 5.41 Å². The lowest BCUT2D eigenvalue weighted by atomic mass is 9.67. The molecule has 0 atom stereocenters. The van der Waals surface area contributed by atoms with Crippen molar-refractivity contribution in [3.63, 3.8) is 0 Å². The first-order valence-corrected chi connectivity index (χ1v) is 26.7. The molecule has 15 rings (SSSR count). The fourth-order valence-corrected chi connectivity index (χ4v) is 12.8. The van der Waals surface area contributed by atoms with Gasteiger partial charge in [0, 0.05) is 67.0 Å². The summed E-state index contributed by atoms with van der Waals surface area (Å²) in [4.78, 5) is 4.37. The van der Waals surface area contributed by atoms with E-state index in [1.165, 1.54) is 12.1 Å². The van der Waals surface area contributed by atoms with Gasteiger partial charge in [-0.15, -0.1) is 0 Å². The Morgan fingerprint density at radius 1 is 0.266 bits per heavy atom. The van der Waals surface area contributed by atoms with Gasteiger partial charge in [0.25, 0.3) is 0 Å². The molecule has 0 amide bonds. The summed E-state index contributed by atoms with van der Waals surface area (Å²) in [6, 6.07) is 99.9. The number of fused-ring (bicyclic) bond motifs is 9. The second-order valence-electron chi connectivity index (χ2n) is 20.4. The minimum absolute atomic E-state index is 0.322. The van der Waals surface area contributed by atoms with E-state index in [0.717, 1.165) is 111 Å². The van der Waals surface area contributed by atoms with Crippen LogP contribution in [0.4, 0.5) is 42.9 Å². The summed E-state index contributed by atoms with van der Waals surface area (Å²) in [5.74, 6) is -0.644. The number of hydrogen-bond acceptors (Lipinski definition) is 2. The van der Waals surface area contributed by atoms with Crippen molar-refractivity contribution < 1.29 is 8.78 Å². The molecule has 2 aromatic heterocycles. The molecule has 0 bridgehead atoms. The second-order valence-corrected chi connectivity index (χ2v) is 20.4. The Morgan fingerprint density at radius 3 is 1.03 bits per heavy atom. The standard InChI is InChI=1S/C73H48F2N4/c74-51-23-17-29-55(43-51)76(57-37-41-71-65(45-57)63-31-13-15-33-69(63)78(71)53-25-9-3-10-26-53)59-35-39-61-62-40-36-60(48-68(62)73(67(61)47-59,49-19-5-1-6-20-49)50-21-7-2-8-22-50)77(56-30-18-24-52(75)44-56)58-38-42-72-66(46-58)64-32-14-16-34-70(64)79(72)54-27-11-4-12-28-54/h1-48H. The Labute approximate surface area is 456 Å². The summed E-state index contributed by atoms with van der Waals surface area (Å²) in [5, 5.41) is 4.43. The minimum Gasteiger partial charge on any atom is -0.310 e. The van der Waals surface area contributed by atoms with E-state index < -0.39 is 5.41 Å². The number of aromatic nitrogens is 2. The highest BCUT2D eigenvalue weighted by Gasteiger charge is 2.47. The molecule has 0 saturated carbocycles. The van der Waals surface area contributed by atoms with Gasteiger partial charge in [-0.1, -0.05) is 158 Å². The van der Waals surface area contributed by atoms with E-state index in [1.807, 2.05) is 24.3 Å². The molecule has 374 valence electrons. The minimum atomic E-state index is -0.847. The number of hydrogen-bond donors (Lipinski definition) is 0. The lowest BCUT2D eigenvalue weighted by molar-refractivity contribution is 0.627. The molecule has 12 aromatic carbocycles. The first-order valence-electron chi connectivity index (χ1n) is 26.7. The van der Waals surface area contributed by atoms with Crippen LogP contribution in [0.15, 0.2) is 291 Å². The smallest absolute Gasteiger partial charge is 0.125 e. The van der Waals surface area contributed by atoms with Gasteiger partial charge in [0.15, 0.2) is 0 Å². The van der Waals surface area contributed by atoms with Gasteiger partial charge in [-0.3, -0.25) is 0 Å². The molecule has 14 aromatic rings. The van der Waals surface area contributed by atoms with E-state index in [2.05, 4.69) is 249 Å². The van der Waals surface area contributed by atoms with Crippen molar-refractivity contribution >= 4 is 77.7 Å². The van der Waals surface area contributed by atoms with Crippen LogP contribution in [0.25, 0.3) is 66.1 Å². The Kier molecular flexibility index (Phi) is 10.8. The van der Waals surface area contributed by atoms with E-state index in [1.54, 1.807) is 24.3 Å². The first-order chi connectivity index (χ1) is 39.0. The van der Waals surface area contributed by atoms with Crippen LogP contribution >= 0.6 is 0 Å². The van der Waals surface area contributed by atoms with Crippen LogP contribution in [-0.2, 0) is 5.41 Å². The average molecular weight is 1020 g/mol. The van der Waals surface area contributed by atoms with Crippen LogP contribution in [0, 0.1) is 11.6 Å². The molecule has 0 saturated heterocycles. The summed E-state index contributed by atoms with van der Waals surface area (Å²) in [6.45, 7) is 0. The SMILES string of the molecule is Fc1cccc(N(c2ccc3c(c2)C(c2ccccc2)(c2ccccc2)c2cc(N(c4cccc(F)c4)c4ccc5c(c4)c4ccccc4n5-c4ccccc4)ccc2-3)c2ccc3c(c2)c2ccccc2n3-c2ccccc2)c1. The number of anilines is 6. The van der Waals surface area contributed by atoms with Gasteiger partial charge >= 0.3 is 0 Å². The summed E-state index contributed by atoms with van der Waals surface area (Å²) < 4.78 is 36.0. The van der Waals surface area contributed by atoms with Crippen molar-refractivity contribution in [3.05, 3.63) is 325 Å². The molecule has 79 heavy (non-hydrogen) atoms. The van der Waals surface area contributed by atoms with E-state index in [4.69, 9.17) is 0 Å². The van der Waals surface area contributed by atoms with Crippen LogP contribution in [0.3, 0.4) is 0 Å². The molecule has 6 heteroatoms. The molecule has 2 heterocycles. The van der Waals surface area contributed by atoms with Crippen LogP contribution in [-0.4, -0.2) is 9.13 Å². The zero-order valence-corrected chi connectivity index (χ0v) is 42.8. The molecule has 1 aliphatic carbocycles. The Bertz CT molecular complexity index is 4350. The largest absolute Gasteiger partial charge is 0.310 e. The molecule has 0 radical (unpaired) electrons. The lowest BCUT2D eigenvalue weighted by Crippen LogP contribution is -2.29. The molecular formula is C73H48F2N4. The van der Waals surface area contributed by atoms with Gasteiger partial charge in [-0.05, 0) is 167 Å². The molecule has 0 unspecified atom stereocenters. The summed E-state index contributed by atoms with van der Waals surface area (Å²) in [5.41, 5.74) is 17.2. The summed E-state index contributed by atoms with van der Waals surface area (Å²) in [6.07, 6.45) is 0. The van der Waals surface area contributed by atoms with Crippen molar-refractivity contribution in [1.82, 2.24) is 9.13 Å². The van der Waals surface area contributed by atoms with E-state index in [-0.39, 0.29) is 11.6 Å². The predicted octanol–water partition coefficient (Wildman–Crippen LogP) is 19.5. The average Bonchev–Trinajstić information content (AvgIpc) is 3.87. The van der Waals surface area contributed by atoms with Crippen molar-refractivity contribution in [1.29, 1.82) is 0 Å². The number of halogens is 2. The Morgan fingerprint density at radius 2 is 0.608 bits per heavy atom. The molecule has 0 fully saturated rings. The number of nitrogens with zero attached hydrogens (tertiary/aromatic N) is 4. The van der Waals surface area contributed by atoms with Crippen LogP contribution < -0.4 is 9.80 Å². The fourth-order valence-electron chi connectivity index (χ4n) is 12.8. The Hall–Kier alpha value is -10.3. The third-order valence-corrected chi connectivity index (χ3v) is 16.0. The molecule has 0 N–H and O–H groups in total. The molecule has 1 aliphatic rings. The quantitative estimate of drug-likeness (QED) is 0.136. The zero-order chi connectivity index (χ0) is 52.6. The van der Waals surface area contributed by atoms with Gasteiger partial charge < -0.3 is 18.9 Å². The summed E-state index contributed by atoms with van der Waals surface area (Å²) in [7, 11) is 0. The number of benzene rings is 12. The van der Waals surface area contributed by atoms with E-state index in [9.17, 15) is 0 Å². The highest BCUT2D eigenvalue weighted by Crippen LogP contribution is 2.59. The molecule has 0 aliphatic heterocycles. The first kappa shape index (κ1) is 46.0. The molecule has 0 spiro atoms. The highest BCUT2D eigenvalue weighted by atomic mass is 19.1. The maximum atomic E-state index is 15.7. The third-order valence-electron chi connectivity index (χ3n) is 16.0. The van der Waals surface area contributed by atoms with Crippen molar-refractivity contribution in [3.8, 4) is 22.5 Å². The van der Waals surface area contributed by atoms with Gasteiger partial charge in [-0.25, -0.2) is 8.78 Å². The van der Waals surface area contributed by atoms with Crippen LogP contribution in [0.5, 0.6) is 0 Å². The fraction of sp³-hybridized carbons (Fsp3) is 0.0137. The summed E-state index contributed by atoms with van der Waals surface area (Å²) >= 11 is 0. The third kappa shape index (κ3) is 7.33. The van der Waals surface area contributed by atoms with Crippen molar-refractivity contribution in [2.75, 3.05) is 9.80 Å². The monoisotopic (exact) mass is 1020 g/mol.